The summed E-state index contributed by atoms with van der Waals surface area (Å²) in [6, 6.07) is 7.97. The van der Waals surface area contributed by atoms with Gasteiger partial charge in [0.2, 0.25) is 0 Å². The predicted octanol–water partition coefficient (Wildman–Crippen LogP) is -0.475. The highest BCUT2D eigenvalue weighted by molar-refractivity contribution is 5.94. The average Bonchev–Trinajstić information content (AvgIpc) is 2.56. The van der Waals surface area contributed by atoms with Crippen molar-refractivity contribution >= 4 is 5.91 Å². The predicted molar refractivity (Wildman–Crippen MR) is 77.3 cm³/mol. The molecule has 0 unspecified atom stereocenters. The Bertz CT molecular complexity index is 482. The standard InChI is InChI=1S/C15H21NO6/c1-20-13-11(15(21-2)22-10(8-17)12(13)18)16-14(19)9-6-4-3-5-7-9/h3-7,10-13,15,17-18H,8H2,1-2H3,(H,16,19)/t10-,11-,12+,13+,15-/m1/s1. The molecule has 0 aromatic heterocycles. The minimum absolute atomic E-state index is 0.326. The highest BCUT2D eigenvalue weighted by atomic mass is 16.7. The molecular formula is C15H21NO6. The van der Waals surface area contributed by atoms with Crippen molar-refractivity contribution in [3.8, 4) is 0 Å². The molecule has 1 heterocycles. The van der Waals surface area contributed by atoms with Crippen LogP contribution >= 0.6 is 0 Å². The van der Waals surface area contributed by atoms with Crippen LogP contribution in [0.15, 0.2) is 30.3 Å². The molecule has 1 aromatic rings. The summed E-state index contributed by atoms with van der Waals surface area (Å²) >= 11 is 0. The van der Waals surface area contributed by atoms with Crippen LogP contribution in [0.1, 0.15) is 10.4 Å². The van der Waals surface area contributed by atoms with Gasteiger partial charge in [0.25, 0.3) is 5.91 Å². The Morgan fingerprint density at radius 3 is 2.50 bits per heavy atom. The minimum atomic E-state index is -1.08. The molecule has 7 nitrogen and oxygen atoms in total. The van der Waals surface area contributed by atoms with Gasteiger partial charge >= 0.3 is 0 Å². The third kappa shape index (κ3) is 3.45. The second-order valence-electron chi connectivity index (χ2n) is 5.02. The van der Waals surface area contributed by atoms with Gasteiger partial charge < -0.3 is 29.7 Å². The lowest BCUT2D eigenvalue weighted by Crippen LogP contribution is -2.65. The first-order valence-electron chi connectivity index (χ1n) is 6.98. The third-order valence-corrected chi connectivity index (χ3v) is 3.69. The molecule has 1 aliphatic heterocycles. The largest absolute Gasteiger partial charge is 0.394 e. The Hall–Kier alpha value is -1.51. The molecule has 2 rings (SSSR count). The molecule has 1 aromatic carbocycles. The van der Waals surface area contributed by atoms with Crippen molar-refractivity contribution in [3.63, 3.8) is 0 Å². The maximum atomic E-state index is 12.3. The van der Waals surface area contributed by atoms with Crippen LogP contribution in [0.25, 0.3) is 0 Å². The molecule has 0 radical (unpaired) electrons. The number of rotatable bonds is 5. The molecule has 1 saturated heterocycles. The van der Waals surface area contributed by atoms with Gasteiger partial charge in [-0.2, -0.15) is 0 Å². The number of hydrogen-bond acceptors (Lipinski definition) is 6. The first-order chi connectivity index (χ1) is 10.6. The van der Waals surface area contributed by atoms with Gasteiger partial charge in [0.15, 0.2) is 6.29 Å². The Morgan fingerprint density at radius 1 is 1.27 bits per heavy atom. The Labute approximate surface area is 128 Å². The molecule has 0 spiro atoms. The molecule has 1 fully saturated rings. The third-order valence-electron chi connectivity index (χ3n) is 3.69. The van der Waals surface area contributed by atoms with Gasteiger partial charge in [-0.3, -0.25) is 4.79 Å². The highest BCUT2D eigenvalue weighted by Crippen LogP contribution is 2.24. The molecule has 1 aliphatic rings. The molecule has 3 N–H and O–H groups in total. The van der Waals surface area contributed by atoms with Crippen LogP contribution in [0.2, 0.25) is 0 Å². The monoisotopic (exact) mass is 311 g/mol. The van der Waals surface area contributed by atoms with E-state index in [0.717, 1.165) is 0 Å². The Kier molecular flexibility index (Phi) is 5.87. The van der Waals surface area contributed by atoms with Crippen molar-refractivity contribution in [1.29, 1.82) is 0 Å². The topological polar surface area (TPSA) is 97.2 Å². The summed E-state index contributed by atoms with van der Waals surface area (Å²) in [5.74, 6) is -0.326. The molecule has 5 atom stereocenters. The van der Waals surface area contributed by atoms with Crippen LogP contribution < -0.4 is 5.32 Å². The van der Waals surface area contributed by atoms with Crippen LogP contribution in [-0.4, -0.2) is 67.6 Å². The van der Waals surface area contributed by atoms with Gasteiger partial charge in [-0.15, -0.1) is 0 Å². The van der Waals surface area contributed by atoms with E-state index in [2.05, 4.69) is 5.32 Å². The van der Waals surface area contributed by atoms with Gasteiger partial charge in [-0.25, -0.2) is 0 Å². The maximum Gasteiger partial charge on any atom is 0.251 e. The highest BCUT2D eigenvalue weighted by Gasteiger charge is 2.46. The fraction of sp³-hybridized carbons (Fsp3) is 0.533. The minimum Gasteiger partial charge on any atom is -0.394 e. The van der Waals surface area contributed by atoms with E-state index in [9.17, 15) is 15.0 Å². The van der Waals surface area contributed by atoms with Gasteiger partial charge in [0, 0.05) is 19.8 Å². The molecule has 0 saturated carbocycles. The van der Waals surface area contributed by atoms with E-state index >= 15 is 0 Å². The van der Waals surface area contributed by atoms with Crippen LogP contribution in [0.5, 0.6) is 0 Å². The summed E-state index contributed by atoms with van der Waals surface area (Å²) in [5, 5.41) is 22.2. The molecule has 122 valence electrons. The lowest BCUT2D eigenvalue weighted by Gasteiger charge is -2.43. The lowest BCUT2D eigenvalue weighted by atomic mass is 9.96. The zero-order chi connectivity index (χ0) is 16.1. The van der Waals surface area contributed by atoms with E-state index in [-0.39, 0.29) is 12.5 Å². The smallest absolute Gasteiger partial charge is 0.251 e. The lowest BCUT2D eigenvalue weighted by molar-refractivity contribution is -0.265. The van der Waals surface area contributed by atoms with Gasteiger partial charge in [-0.05, 0) is 12.1 Å². The van der Waals surface area contributed by atoms with E-state index in [1.54, 1.807) is 24.3 Å². The Balaban J connectivity index is 2.17. The second-order valence-corrected chi connectivity index (χ2v) is 5.02. The number of hydrogen-bond donors (Lipinski definition) is 3. The van der Waals surface area contributed by atoms with E-state index in [1.165, 1.54) is 14.2 Å². The van der Waals surface area contributed by atoms with Crippen LogP contribution in [0.3, 0.4) is 0 Å². The summed E-state index contributed by atoms with van der Waals surface area (Å²) in [5.41, 5.74) is 0.478. The van der Waals surface area contributed by atoms with Crippen molar-refractivity contribution < 1.29 is 29.2 Å². The van der Waals surface area contributed by atoms with Crippen molar-refractivity contribution in [1.82, 2.24) is 5.32 Å². The van der Waals surface area contributed by atoms with Crippen molar-refractivity contribution in [3.05, 3.63) is 35.9 Å². The van der Waals surface area contributed by atoms with Crippen LogP contribution in [0.4, 0.5) is 0 Å². The summed E-state index contributed by atoms with van der Waals surface area (Å²) in [7, 11) is 2.84. The van der Waals surface area contributed by atoms with E-state index in [0.29, 0.717) is 5.56 Å². The zero-order valence-electron chi connectivity index (χ0n) is 12.5. The molecule has 0 aliphatic carbocycles. The summed E-state index contributed by atoms with van der Waals surface area (Å²) in [4.78, 5) is 12.3. The number of carbonyl (C=O) groups excluding carboxylic acids is 1. The Morgan fingerprint density at radius 2 is 1.95 bits per heavy atom. The number of nitrogens with one attached hydrogen (secondary N) is 1. The number of ether oxygens (including phenoxy) is 3. The quantitative estimate of drug-likeness (QED) is 0.680. The second kappa shape index (κ2) is 7.66. The first kappa shape index (κ1) is 16.9. The number of methoxy groups -OCH3 is 2. The van der Waals surface area contributed by atoms with Gasteiger partial charge in [-0.1, -0.05) is 18.2 Å². The molecule has 0 bridgehead atoms. The summed E-state index contributed by atoms with van der Waals surface area (Å²) in [6.07, 6.45) is -3.51. The molecular weight excluding hydrogens is 290 g/mol. The zero-order valence-corrected chi connectivity index (χ0v) is 12.5. The molecule has 1 amide bonds. The van der Waals surface area contributed by atoms with Crippen molar-refractivity contribution in [2.45, 2.75) is 30.6 Å². The van der Waals surface area contributed by atoms with Gasteiger partial charge in [0.05, 0.1) is 6.61 Å². The number of benzene rings is 1. The van der Waals surface area contributed by atoms with Crippen molar-refractivity contribution in [2.75, 3.05) is 20.8 Å². The first-order valence-corrected chi connectivity index (χ1v) is 6.98. The van der Waals surface area contributed by atoms with E-state index in [1.807, 2.05) is 6.07 Å². The number of amides is 1. The average molecular weight is 311 g/mol. The van der Waals surface area contributed by atoms with E-state index < -0.39 is 30.6 Å². The normalized spacial score (nSPS) is 31.7. The van der Waals surface area contributed by atoms with Crippen molar-refractivity contribution in [2.24, 2.45) is 0 Å². The maximum absolute atomic E-state index is 12.3. The number of aliphatic hydroxyl groups is 2. The number of aliphatic hydroxyl groups excluding tert-OH is 2. The molecule has 7 heteroatoms. The van der Waals surface area contributed by atoms with E-state index in [4.69, 9.17) is 14.2 Å². The fourth-order valence-corrected chi connectivity index (χ4v) is 2.53. The molecule has 22 heavy (non-hydrogen) atoms. The SMILES string of the molecule is CO[C@@H]1O[C@H](CO)[C@H](O)[C@@H](OC)[C@H]1NC(=O)c1ccccc1. The summed E-state index contributed by atoms with van der Waals surface area (Å²) in [6.45, 7) is -0.375. The van der Waals surface area contributed by atoms with Gasteiger partial charge in [0.1, 0.15) is 24.4 Å². The van der Waals surface area contributed by atoms with Crippen LogP contribution in [-0.2, 0) is 14.2 Å². The fourth-order valence-electron chi connectivity index (χ4n) is 2.53. The number of carbonyl (C=O) groups is 1. The van der Waals surface area contributed by atoms with Crippen LogP contribution in [0, 0.1) is 0 Å². The summed E-state index contributed by atoms with van der Waals surface area (Å²) < 4.78 is 16.0.